The lowest BCUT2D eigenvalue weighted by Gasteiger charge is -2.25. The van der Waals surface area contributed by atoms with Crippen LogP contribution in [0.5, 0.6) is 0 Å². The van der Waals surface area contributed by atoms with Crippen LogP contribution in [0.25, 0.3) is 0 Å². The molecule has 0 unspecified atom stereocenters. The Morgan fingerprint density at radius 3 is 2.43 bits per heavy atom. The molecule has 3 rings (SSSR count). The molecule has 8 nitrogen and oxygen atoms in total. The molecule has 0 aliphatic heterocycles. The predicted octanol–water partition coefficient (Wildman–Crippen LogP) is 1.72. The standard InChI is InChI=1S/C25H28F2N4O4/c1-2-15-4-3-5-16(6-15)13-29-14-22(21(28)9-17-7-18(26)10-19(27)8-17)35-24(33)12-20-11-23(32)31-25(34)30-20/h3-8,10-11,21-22,29H,2,9,12-14,28H2,1H3,(H2,30,31,32,34)/t21-,22+/m0/s1. The number of nitrogens with two attached hydrogens (primary N) is 1. The minimum absolute atomic E-state index is 0.0570. The molecule has 2 aromatic carbocycles. The highest BCUT2D eigenvalue weighted by molar-refractivity contribution is 5.72. The fourth-order valence-electron chi connectivity index (χ4n) is 3.71. The van der Waals surface area contributed by atoms with Crippen molar-refractivity contribution in [1.29, 1.82) is 0 Å². The third-order valence-corrected chi connectivity index (χ3v) is 5.38. The van der Waals surface area contributed by atoms with Crippen molar-refractivity contribution in [2.45, 2.75) is 44.9 Å². The van der Waals surface area contributed by atoms with Crippen molar-refractivity contribution in [3.05, 3.63) is 103 Å². The second-order valence-electron chi connectivity index (χ2n) is 8.27. The average molecular weight is 487 g/mol. The number of aromatic amines is 2. The van der Waals surface area contributed by atoms with E-state index >= 15 is 0 Å². The summed E-state index contributed by atoms with van der Waals surface area (Å²) in [5, 5.41) is 3.21. The lowest BCUT2D eigenvalue weighted by atomic mass is 10.0. The number of nitrogens with one attached hydrogen (secondary N) is 3. The average Bonchev–Trinajstić information content (AvgIpc) is 2.77. The Morgan fingerprint density at radius 1 is 1.03 bits per heavy atom. The van der Waals surface area contributed by atoms with Gasteiger partial charge in [-0.3, -0.25) is 14.6 Å². The Hall–Kier alpha value is -3.63. The molecule has 0 saturated heterocycles. The first-order valence-electron chi connectivity index (χ1n) is 11.2. The molecule has 0 saturated carbocycles. The summed E-state index contributed by atoms with van der Waals surface area (Å²) >= 11 is 0. The second-order valence-corrected chi connectivity index (χ2v) is 8.27. The predicted molar refractivity (Wildman–Crippen MR) is 127 cm³/mol. The maximum Gasteiger partial charge on any atom is 0.325 e. The zero-order valence-corrected chi connectivity index (χ0v) is 19.3. The molecule has 1 aromatic heterocycles. The molecule has 35 heavy (non-hydrogen) atoms. The maximum absolute atomic E-state index is 13.6. The first-order valence-corrected chi connectivity index (χ1v) is 11.2. The molecule has 0 bridgehead atoms. The van der Waals surface area contributed by atoms with Gasteiger partial charge < -0.3 is 20.8 Å². The highest BCUT2D eigenvalue weighted by Crippen LogP contribution is 2.13. The van der Waals surface area contributed by atoms with Gasteiger partial charge >= 0.3 is 11.7 Å². The summed E-state index contributed by atoms with van der Waals surface area (Å²) < 4.78 is 32.8. The van der Waals surface area contributed by atoms with E-state index in [2.05, 4.69) is 23.3 Å². The van der Waals surface area contributed by atoms with E-state index in [0.29, 0.717) is 12.1 Å². The van der Waals surface area contributed by atoms with Crippen molar-refractivity contribution >= 4 is 5.97 Å². The van der Waals surface area contributed by atoms with Crippen molar-refractivity contribution in [2.24, 2.45) is 5.73 Å². The summed E-state index contributed by atoms with van der Waals surface area (Å²) in [6, 6.07) is 11.4. The molecule has 2 atom stereocenters. The Bertz CT molecular complexity index is 1230. The van der Waals surface area contributed by atoms with Crippen LogP contribution in [-0.4, -0.2) is 34.6 Å². The summed E-state index contributed by atoms with van der Waals surface area (Å²) in [5.74, 6) is -2.17. The van der Waals surface area contributed by atoms with Crippen LogP contribution in [-0.2, 0) is 35.3 Å². The van der Waals surface area contributed by atoms with Gasteiger partial charge in [0, 0.05) is 37.0 Å². The Kier molecular flexibility index (Phi) is 9.04. The minimum Gasteiger partial charge on any atom is -0.459 e. The number of carbonyl (C=O) groups excluding carboxylic acids is 1. The molecule has 0 fully saturated rings. The van der Waals surface area contributed by atoms with E-state index in [0.717, 1.165) is 24.1 Å². The summed E-state index contributed by atoms with van der Waals surface area (Å²) in [4.78, 5) is 39.9. The van der Waals surface area contributed by atoms with E-state index in [1.165, 1.54) is 17.7 Å². The molecular formula is C25H28F2N4O4. The Labute approximate surface area is 200 Å². The number of benzene rings is 2. The van der Waals surface area contributed by atoms with Crippen LogP contribution in [0.4, 0.5) is 8.78 Å². The first kappa shape index (κ1) is 26.0. The van der Waals surface area contributed by atoms with Crippen LogP contribution in [0.2, 0.25) is 0 Å². The van der Waals surface area contributed by atoms with Gasteiger partial charge in [0.15, 0.2) is 0 Å². The van der Waals surface area contributed by atoms with Gasteiger partial charge in [0.2, 0.25) is 0 Å². The van der Waals surface area contributed by atoms with Crippen LogP contribution in [0.1, 0.15) is 29.3 Å². The third kappa shape index (κ3) is 8.27. The fourth-order valence-corrected chi connectivity index (χ4v) is 3.71. The molecule has 3 aromatic rings. The quantitative estimate of drug-likeness (QED) is 0.306. The van der Waals surface area contributed by atoms with Gasteiger partial charge in [-0.1, -0.05) is 31.2 Å². The molecule has 0 aliphatic carbocycles. The number of aromatic nitrogens is 2. The molecule has 186 valence electrons. The van der Waals surface area contributed by atoms with E-state index in [-0.39, 0.29) is 25.1 Å². The summed E-state index contributed by atoms with van der Waals surface area (Å²) in [6.07, 6.45) is -0.248. The molecule has 1 heterocycles. The molecule has 0 aliphatic rings. The maximum atomic E-state index is 13.6. The normalized spacial score (nSPS) is 12.8. The summed E-state index contributed by atoms with van der Waals surface area (Å²) in [6.45, 7) is 2.72. The van der Waals surface area contributed by atoms with Crippen LogP contribution in [0, 0.1) is 11.6 Å². The monoisotopic (exact) mass is 486 g/mol. The van der Waals surface area contributed by atoms with Gasteiger partial charge in [0.05, 0.1) is 6.42 Å². The van der Waals surface area contributed by atoms with Gasteiger partial charge in [0.1, 0.15) is 17.7 Å². The molecule has 0 radical (unpaired) electrons. The molecule has 0 amide bonds. The lowest BCUT2D eigenvalue weighted by molar-refractivity contribution is -0.149. The van der Waals surface area contributed by atoms with E-state index in [4.69, 9.17) is 10.5 Å². The highest BCUT2D eigenvalue weighted by Gasteiger charge is 2.23. The zero-order chi connectivity index (χ0) is 25.4. The second kappa shape index (κ2) is 12.2. The number of hydrogen-bond donors (Lipinski definition) is 4. The minimum atomic E-state index is -0.850. The van der Waals surface area contributed by atoms with Crippen molar-refractivity contribution in [2.75, 3.05) is 6.54 Å². The largest absolute Gasteiger partial charge is 0.459 e. The number of halogens is 2. The molecule has 5 N–H and O–H groups in total. The van der Waals surface area contributed by atoms with E-state index in [9.17, 15) is 23.2 Å². The van der Waals surface area contributed by atoms with Crippen LogP contribution >= 0.6 is 0 Å². The summed E-state index contributed by atoms with van der Waals surface area (Å²) in [5.41, 5.74) is 7.54. The Balaban J connectivity index is 1.70. The Morgan fingerprint density at radius 2 is 1.74 bits per heavy atom. The van der Waals surface area contributed by atoms with Gasteiger partial charge in [-0.2, -0.15) is 0 Å². The van der Waals surface area contributed by atoms with E-state index < -0.39 is 41.0 Å². The molecule has 0 spiro atoms. The highest BCUT2D eigenvalue weighted by atomic mass is 19.1. The van der Waals surface area contributed by atoms with Crippen LogP contribution < -0.4 is 22.3 Å². The van der Waals surface area contributed by atoms with Gasteiger partial charge in [-0.05, 0) is 41.7 Å². The van der Waals surface area contributed by atoms with Gasteiger partial charge in [0.25, 0.3) is 5.56 Å². The van der Waals surface area contributed by atoms with Gasteiger partial charge in [-0.15, -0.1) is 0 Å². The number of esters is 1. The number of aryl methyl sites for hydroxylation is 1. The first-order chi connectivity index (χ1) is 16.7. The van der Waals surface area contributed by atoms with Crippen LogP contribution in [0.3, 0.4) is 0 Å². The number of hydrogen-bond acceptors (Lipinski definition) is 6. The smallest absolute Gasteiger partial charge is 0.325 e. The zero-order valence-electron chi connectivity index (χ0n) is 19.3. The van der Waals surface area contributed by atoms with Gasteiger partial charge in [-0.25, -0.2) is 13.6 Å². The number of carbonyl (C=O) groups is 1. The van der Waals surface area contributed by atoms with Crippen molar-refractivity contribution in [3.8, 4) is 0 Å². The van der Waals surface area contributed by atoms with Crippen molar-refractivity contribution in [1.82, 2.24) is 15.3 Å². The third-order valence-electron chi connectivity index (χ3n) is 5.38. The van der Waals surface area contributed by atoms with Crippen molar-refractivity contribution in [3.63, 3.8) is 0 Å². The topological polar surface area (TPSA) is 130 Å². The number of rotatable bonds is 11. The van der Waals surface area contributed by atoms with E-state index in [1.807, 2.05) is 23.2 Å². The molecule has 10 heteroatoms. The summed E-state index contributed by atoms with van der Waals surface area (Å²) in [7, 11) is 0. The van der Waals surface area contributed by atoms with Crippen molar-refractivity contribution < 1.29 is 18.3 Å². The van der Waals surface area contributed by atoms with E-state index in [1.54, 1.807) is 0 Å². The van der Waals surface area contributed by atoms with Crippen LogP contribution in [0.15, 0.2) is 58.1 Å². The number of H-pyrrole nitrogens is 2. The fraction of sp³-hybridized carbons (Fsp3) is 0.320. The SMILES string of the molecule is CCc1cccc(CNC[C@@H](OC(=O)Cc2cc(=O)[nH]c(=O)[nH]2)[C@@H](N)Cc2cc(F)cc(F)c2)c1. The number of ether oxygens (including phenoxy) is 1. The lowest BCUT2D eigenvalue weighted by Crippen LogP contribution is -2.46. The molecular weight excluding hydrogens is 458 g/mol.